The summed E-state index contributed by atoms with van der Waals surface area (Å²) in [6, 6.07) is 11.8. The number of aliphatic carboxylic acids is 1. The molecule has 0 aliphatic rings. The number of benzene rings is 1. The number of thiophene rings is 1. The summed E-state index contributed by atoms with van der Waals surface area (Å²) in [6.07, 6.45) is 5.16. The monoisotopic (exact) mass is 332 g/mol. The van der Waals surface area contributed by atoms with Gasteiger partial charge in [0.2, 0.25) is 0 Å². The average Bonchev–Trinajstić information content (AvgIpc) is 3.04. The Balaban J connectivity index is 1.66. The second-order valence-corrected chi connectivity index (χ2v) is 6.82. The molecule has 0 bridgehead atoms. The SMILES string of the molecule is Cc1ccc(OC(CCCCCCc2cccs2)C(=O)O)cc1. The molecule has 1 atom stereocenters. The lowest BCUT2D eigenvalue weighted by Gasteiger charge is -2.15. The topological polar surface area (TPSA) is 46.5 Å². The Labute approximate surface area is 141 Å². The Morgan fingerprint density at radius 2 is 1.87 bits per heavy atom. The van der Waals surface area contributed by atoms with Crippen molar-refractivity contribution < 1.29 is 14.6 Å². The lowest BCUT2D eigenvalue weighted by Crippen LogP contribution is -2.26. The van der Waals surface area contributed by atoms with E-state index in [1.807, 2.05) is 31.2 Å². The standard InChI is InChI=1S/C19H24O3S/c1-15-10-12-16(13-11-15)22-18(19(20)21)9-5-3-2-4-7-17-8-6-14-23-17/h6,8,10-14,18H,2-5,7,9H2,1H3,(H,20,21). The first-order valence-electron chi connectivity index (χ1n) is 8.13. The lowest BCUT2D eigenvalue weighted by atomic mass is 10.1. The van der Waals surface area contributed by atoms with Gasteiger partial charge in [-0.25, -0.2) is 4.79 Å². The summed E-state index contributed by atoms with van der Waals surface area (Å²) in [5.74, 6) is -0.259. The van der Waals surface area contributed by atoms with E-state index in [1.165, 1.54) is 4.88 Å². The van der Waals surface area contributed by atoms with Crippen LogP contribution in [0.3, 0.4) is 0 Å². The Morgan fingerprint density at radius 1 is 1.13 bits per heavy atom. The molecule has 0 radical (unpaired) electrons. The van der Waals surface area contributed by atoms with Crippen LogP contribution in [0.4, 0.5) is 0 Å². The van der Waals surface area contributed by atoms with Gasteiger partial charge in [0.25, 0.3) is 0 Å². The highest BCUT2D eigenvalue weighted by molar-refractivity contribution is 7.09. The summed E-state index contributed by atoms with van der Waals surface area (Å²) in [6.45, 7) is 1.99. The number of rotatable bonds is 10. The summed E-state index contributed by atoms with van der Waals surface area (Å²) in [7, 11) is 0. The molecule has 1 aromatic heterocycles. The van der Waals surface area contributed by atoms with Crippen LogP contribution < -0.4 is 4.74 Å². The predicted octanol–water partition coefficient (Wildman–Crippen LogP) is 5.08. The van der Waals surface area contributed by atoms with E-state index in [-0.39, 0.29) is 0 Å². The third-order valence-corrected chi connectivity index (χ3v) is 4.73. The highest BCUT2D eigenvalue weighted by atomic mass is 32.1. The van der Waals surface area contributed by atoms with Crippen molar-refractivity contribution in [2.24, 2.45) is 0 Å². The van der Waals surface area contributed by atoms with Crippen molar-refractivity contribution in [2.45, 2.75) is 51.6 Å². The van der Waals surface area contributed by atoms with Crippen LogP contribution in [0, 0.1) is 6.92 Å². The van der Waals surface area contributed by atoms with Crippen LogP contribution in [-0.2, 0) is 11.2 Å². The van der Waals surface area contributed by atoms with Gasteiger partial charge in [-0.15, -0.1) is 11.3 Å². The van der Waals surface area contributed by atoms with E-state index >= 15 is 0 Å². The normalized spacial score (nSPS) is 12.0. The third kappa shape index (κ3) is 6.45. The highest BCUT2D eigenvalue weighted by Crippen LogP contribution is 2.18. The minimum Gasteiger partial charge on any atom is -0.479 e. The fourth-order valence-corrected chi connectivity index (χ4v) is 3.20. The smallest absolute Gasteiger partial charge is 0.344 e. The molecule has 23 heavy (non-hydrogen) atoms. The number of hydrogen-bond acceptors (Lipinski definition) is 3. The molecular weight excluding hydrogens is 308 g/mol. The lowest BCUT2D eigenvalue weighted by molar-refractivity contribution is -0.145. The summed E-state index contributed by atoms with van der Waals surface area (Å²) in [5, 5.41) is 11.4. The van der Waals surface area contributed by atoms with Gasteiger partial charge in [-0.3, -0.25) is 0 Å². The third-order valence-electron chi connectivity index (χ3n) is 3.79. The first-order chi connectivity index (χ1) is 11.1. The van der Waals surface area contributed by atoms with Gasteiger partial charge in [-0.2, -0.15) is 0 Å². The maximum Gasteiger partial charge on any atom is 0.344 e. The van der Waals surface area contributed by atoms with Gasteiger partial charge in [0.15, 0.2) is 6.10 Å². The van der Waals surface area contributed by atoms with Crippen LogP contribution in [0.1, 0.15) is 42.5 Å². The van der Waals surface area contributed by atoms with Gasteiger partial charge in [0.1, 0.15) is 5.75 Å². The molecule has 0 aliphatic carbocycles. The van der Waals surface area contributed by atoms with E-state index in [0.717, 1.165) is 37.7 Å². The Hall–Kier alpha value is -1.81. The number of aryl methyl sites for hydroxylation is 2. The number of ether oxygens (including phenoxy) is 1. The maximum absolute atomic E-state index is 11.3. The van der Waals surface area contributed by atoms with Gasteiger partial charge in [-0.1, -0.05) is 36.6 Å². The summed E-state index contributed by atoms with van der Waals surface area (Å²) in [5.41, 5.74) is 1.13. The summed E-state index contributed by atoms with van der Waals surface area (Å²) in [4.78, 5) is 12.7. The molecule has 0 fully saturated rings. The molecular formula is C19H24O3S. The number of hydrogen-bond donors (Lipinski definition) is 1. The number of carbonyl (C=O) groups is 1. The average molecular weight is 332 g/mol. The summed E-state index contributed by atoms with van der Waals surface area (Å²) < 4.78 is 5.60. The maximum atomic E-state index is 11.3. The van der Waals surface area contributed by atoms with Crippen LogP contribution in [-0.4, -0.2) is 17.2 Å². The predicted molar refractivity (Wildman–Crippen MR) is 94.3 cm³/mol. The van der Waals surface area contributed by atoms with Gasteiger partial charge < -0.3 is 9.84 Å². The van der Waals surface area contributed by atoms with E-state index in [1.54, 1.807) is 11.3 Å². The van der Waals surface area contributed by atoms with Crippen LogP contribution in [0.2, 0.25) is 0 Å². The van der Waals surface area contributed by atoms with Crippen LogP contribution in [0.25, 0.3) is 0 Å². The van der Waals surface area contributed by atoms with E-state index < -0.39 is 12.1 Å². The summed E-state index contributed by atoms with van der Waals surface area (Å²) >= 11 is 1.80. The fourth-order valence-electron chi connectivity index (χ4n) is 2.45. The molecule has 0 aliphatic heterocycles. The first kappa shape index (κ1) is 17.5. The van der Waals surface area contributed by atoms with Crippen molar-refractivity contribution >= 4 is 17.3 Å². The number of carboxylic acid groups (broad SMARTS) is 1. The van der Waals surface area contributed by atoms with Crippen molar-refractivity contribution in [3.63, 3.8) is 0 Å². The Bertz CT molecular complexity index is 575. The van der Waals surface area contributed by atoms with Crippen molar-refractivity contribution in [3.8, 4) is 5.75 Å². The molecule has 3 nitrogen and oxygen atoms in total. The number of unbranched alkanes of at least 4 members (excludes halogenated alkanes) is 3. The molecule has 0 spiro atoms. The number of carboxylic acids is 1. The Morgan fingerprint density at radius 3 is 2.52 bits per heavy atom. The minimum atomic E-state index is -0.885. The zero-order chi connectivity index (χ0) is 16.5. The van der Waals surface area contributed by atoms with Crippen molar-refractivity contribution in [3.05, 3.63) is 52.2 Å². The zero-order valence-electron chi connectivity index (χ0n) is 13.5. The molecule has 2 aromatic rings. The van der Waals surface area contributed by atoms with Gasteiger partial charge in [0, 0.05) is 4.88 Å². The zero-order valence-corrected chi connectivity index (χ0v) is 14.3. The van der Waals surface area contributed by atoms with E-state index in [9.17, 15) is 9.90 Å². The van der Waals surface area contributed by atoms with Gasteiger partial charge >= 0.3 is 5.97 Å². The van der Waals surface area contributed by atoms with Gasteiger partial charge in [0.05, 0.1) is 0 Å². The molecule has 1 aromatic carbocycles. The molecule has 2 rings (SSSR count). The largest absolute Gasteiger partial charge is 0.479 e. The van der Waals surface area contributed by atoms with Crippen LogP contribution in [0.15, 0.2) is 41.8 Å². The highest BCUT2D eigenvalue weighted by Gasteiger charge is 2.18. The molecule has 1 heterocycles. The molecule has 0 saturated heterocycles. The van der Waals surface area contributed by atoms with Crippen LogP contribution >= 0.6 is 11.3 Å². The van der Waals surface area contributed by atoms with Crippen molar-refractivity contribution in [2.75, 3.05) is 0 Å². The first-order valence-corrected chi connectivity index (χ1v) is 9.01. The molecule has 0 saturated carbocycles. The quantitative estimate of drug-likeness (QED) is 0.617. The van der Waals surface area contributed by atoms with Crippen molar-refractivity contribution in [1.82, 2.24) is 0 Å². The second kappa shape index (κ2) is 9.36. The molecule has 124 valence electrons. The second-order valence-electron chi connectivity index (χ2n) is 5.79. The van der Waals surface area contributed by atoms with E-state index in [2.05, 4.69) is 17.5 Å². The Kier molecular flexibility index (Phi) is 7.14. The molecule has 1 N–H and O–H groups in total. The molecule has 4 heteroatoms. The van der Waals surface area contributed by atoms with E-state index in [0.29, 0.717) is 12.2 Å². The van der Waals surface area contributed by atoms with Crippen molar-refractivity contribution in [1.29, 1.82) is 0 Å². The van der Waals surface area contributed by atoms with Gasteiger partial charge in [-0.05, 0) is 56.2 Å². The van der Waals surface area contributed by atoms with Crippen LogP contribution in [0.5, 0.6) is 5.75 Å². The minimum absolute atomic E-state index is 0.558. The molecule has 0 amide bonds. The molecule has 1 unspecified atom stereocenters. The fraction of sp³-hybridized carbons (Fsp3) is 0.421. The van der Waals surface area contributed by atoms with E-state index in [4.69, 9.17) is 4.74 Å².